The molecule has 1 amide bonds. The molecular formula is C22H28N4O5S. The van der Waals surface area contributed by atoms with E-state index in [-0.39, 0.29) is 23.4 Å². The molecule has 1 aromatic carbocycles. The quantitative estimate of drug-likeness (QED) is 0.617. The van der Waals surface area contributed by atoms with Gasteiger partial charge in [0.25, 0.3) is 10.0 Å². The zero-order chi connectivity index (χ0) is 23.6. The highest BCUT2D eigenvalue weighted by Gasteiger charge is 2.38. The Labute approximate surface area is 188 Å². The molecule has 0 saturated heterocycles. The number of pyridine rings is 1. The molecule has 1 aromatic heterocycles. The smallest absolute Gasteiger partial charge is 0.327 e. The molecule has 1 aliphatic rings. The summed E-state index contributed by atoms with van der Waals surface area (Å²) < 4.78 is 26.9. The predicted molar refractivity (Wildman–Crippen MR) is 121 cm³/mol. The molecule has 1 aliphatic heterocycles. The fourth-order valence-corrected chi connectivity index (χ4v) is 5.42. The van der Waals surface area contributed by atoms with Crippen LogP contribution in [0.3, 0.4) is 0 Å². The first kappa shape index (κ1) is 23.5. The SMILES string of the molecule is CC(=O)N([C@@H](CC(C)C)C(=O)O)S(=O)(=O)c1ccc(CN2c3ccncc3NC2C)cc1. The van der Waals surface area contributed by atoms with Crippen molar-refractivity contribution in [3.63, 3.8) is 0 Å². The van der Waals surface area contributed by atoms with Crippen LogP contribution in [0.5, 0.6) is 0 Å². The van der Waals surface area contributed by atoms with E-state index in [1.54, 1.807) is 38.4 Å². The van der Waals surface area contributed by atoms with Gasteiger partial charge < -0.3 is 15.3 Å². The molecule has 10 heteroatoms. The number of aromatic nitrogens is 1. The number of anilines is 2. The number of nitrogens with one attached hydrogen (secondary N) is 1. The molecule has 0 spiro atoms. The summed E-state index contributed by atoms with van der Waals surface area (Å²) in [5.74, 6) is -2.29. The summed E-state index contributed by atoms with van der Waals surface area (Å²) in [4.78, 5) is 30.1. The van der Waals surface area contributed by atoms with E-state index >= 15 is 0 Å². The standard InChI is InChI=1S/C22H28N4O5S/c1-14(2)11-21(22(28)29)26(16(4)27)32(30,31)18-7-5-17(6-8-18)13-25-15(3)24-19-12-23-10-9-20(19)25/h5-10,12,14-15,21,24H,11,13H2,1-4H3,(H,28,29)/t15?,21-/m0/s1. The molecule has 1 unspecified atom stereocenters. The molecule has 2 N–H and O–H groups in total. The number of rotatable bonds is 8. The van der Waals surface area contributed by atoms with Gasteiger partial charge >= 0.3 is 5.97 Å². The van der Waals surface area contributed by atoms with Crippen LogP contribution in [-0.2, 0) is 26.2 Å². The van der Waals surface area contributed by atoms with E-state index in [9.17, 15) is 23.1 Å². The van der Waals surface area contributed by atoms with Gasteiger partial charge in [-0.25, -0.2) is 17.5 Å². The first-order valence-electron chi connectivity index (χ1n) is 10.4. The highest BCUT2D eigenvalue weighted by atomic mass is 32.2. The van der Waals surface area contributed by atoms with Gasteiger partial charge in [-0.15, -0.1) is 0 Å². The Morgan fingerprint density at radius 1 is 1.22 bits per heavy atom. The topological polar surface area (TPSA) is 120 Å². The van der Waals surface area contributed by atoms with Crippen LogP contribution in [0.4, 0.5) is 11.4 Å². The summed E-state index contributed by atoms with van der Waals surface area (Å²) >= 11 is 0. The molecule has 9 nitrogen and oxygen atoms in total. The maximum absolute atomic E-state index is 13.2. The number of sulfonamides is 1. The van der Waals surface area contributed by atoms with E-state index in [4.69, 9.17) is 0 Å². The summed E-state index contributed by atoms with van der Waals surface area (Å²) in [6.07, 6.45) is 3.54. The molecule has 0 bridgehead atoms. The highest BCUT2D eigenvalue weighted by molar-refractivity contribution is 7.89. The molecule has 0 radical (unpaired) electrons. The lowest BCUT2D eigenvalue weighted by atomic mass is 10.0. The van der Waals surface area contributed by atoms with E-state index in [0.29, 0.717) is 10.8 Å². The van der Waals surface area contributed by atoms with Crippen LogP contribution < -0.4 is 10.2 Å². The molecule has 3 rings (SSSR count). The van der Waals surface area contributed by atoms with Crippen molar-refractivity contribution >= 4 is 33.3 Å². The van der Waals surface area contributed by atoms with Crippen molar-refractivity contribution < 1.29 is 23.1 Å². The summed E-state index contributed by atoms with van der Waals surface area (Å²) in [6, 6.07) is 6.63. The Morgan fingerprint density at radius 2 is 1.88 bits per heavy atom. The van der Waals surface area contributed by atoms with Gasteiger partial charge in [-0.3, -0.25) is 9.78 Å². The van der Waals surface area contributed by atoms with Crippen LogP contribution in [-0.4, -0.2) is 46.9 Å². The molecule has 2 heterocycles. The second-order valence-corrected chi connectivity index (χ2v) is 10.1. The molecule has 0 aliphatic carbocycles. The third kappa shape index (κ3) is 4.69. The average molecular weight is 461 g/mol. The second-order valence-electron chi connectivity index (χ2n) is 8.29. The highest BCUT2D eigenvalue weighted by Crippen LogP contribution is 2.34. The molecule has 172 valence electrons. The van der Waals surface area contributed by atoms with Crippen LogP contribution in [0.1, 0.15) is 39.7 Å². The van der Waals surface area contributed by atoms with Crippen LogP contribution in [0.25, 0.3) is 0 Å². The van der Waals surface area contributed by atoms with Crippen molar-refractivity contribution in [3.05, 3.63) is 48.3 Å². The van der Waals surface area contributed by atoms with Gasteiger partial charge in [0.05, 0.1) is 28.6 Å². The second kappa shape index (κ2) is 9.15. The molecule has 0 saturated carbocycles. The lowest BCUT2D eigenvalue weighted by molar-refractivity contribution is -0.146. The first-order chi connectivity index (χ1) is 15.0. The summed E-state index contributed by atoms with van der Waals surface area (Å²) in [7, 11) is -4.32. The number of aliphatic carboxylic acids is 1. The lowest BCUT2D eigenvalue weighted by Crippen LogP contribution is -2.48. The monoisotopic (exact) mass is 460 g/mol. The van der Waals surface area contributed by atoms with Crippen molar-refractivity contribution in [1.82, 2.24) is 9.29 Å². The van der Waals surface area contributed by atoms with Gasteiger partial charge in [0.1, 0.15) is 6.04 Å². The number of hydrogen-bond donors (Lipinski definition) is 2. The van der Waals surface area contributed by atoms with Crippen LogP contribution in [0.2, 0.25) is 0 Å². The average Bonchev–Trinajstić information content (AvgIpc) is 3.02. The number of nitrogens with zero attached hydrogens (tertiary/aromatic N) is 3. The molecule has 2 aromatic rings. The number of hydrogen-bond acceptors (Lipinski definition) is 7. The first-order valence-corrected chi connectivity index (χ1v) is 11.8. The lowest BCUT2D eigenvalue weighted by Gasteiger charge is -2.28. The molecule has 32 heavy (non-hydrogen) atoms. The maximum Gasteiger partial charge on any atom is 0.327 e. The zero-order valence-electron chi connectivity index (χ0n) is 18.5. The number of carbonyl (C=O) groups is 2. The van der Waals surface area contributed by atoms with Crippen molar-refractivity contribution in [2.45, 2.75) is 57.8 Å². The summed E-state index contributed by atoms with van der Waals surface area (Å²) in [5, 5.41) is 12.9. The van der Waals surface area contributed by atoms with Crippen LogP contribution >= 0.6 is 0 Å². The van der Waals surface area contributed by atoms with Crippen molar-refractivity contribution in [3.8, 4) is 0 Å². The van der Waals surface area contributed by atoms with E-state index in [1.807, 2.05) is 13.0 Å². The Balaban J connectivity index is 1.86. The van der Waals surface area contributed by atoms with Gasteiger partial charge in [-0.1, -0.05) is 26.0 Å². The van der Waals surface area contributed by atoms with Crippen LogP contribution in [0.15, 0.2) is 47.6 Å². The number of fused-ring (bicyclic) bond motifs is 1. The fraction of sp³-hybridized carbons (Fsp3) is 0.409. The van der Waals surface area contributed by atoms with Crippen LogP contribution in [0, 0.1) is 5.92 Å². The Bertz CT molecular complexity index is 1100. The minimum absolute atomic E-state index is 0.0281. The molecule has 0 fully saturated rings. The molecular weight excluding hydrogens is 432 g/mol. The van der Waals surface area contributed by atoms with Crippen molar-refractivity contribution in [2.75, 3.05) is 10.2 Å². The third-order valence-corrected chi connectivity index (χ3v) is 7.24. The third-order valence-electron chi connectivity index (χ3n) is 5.35. The number of carboxylic acid groups (broad SMARTS) is 1. The van der Waals surface area contributed by atoms with Crippen molar-refractivity contribution in [2.24, 2.45) is 5.92 Å². The number of carboxylic acids is 1. The number of amides is 1. The number of benzene rings is 1. The summed E-state index contributed by atoms with van der Waals surface area (Å²) in [6.45, 7) is 7.17. The normalized spacial score (nSPS) is 16.4. The Kier molecular flexibility index (Phi) is 6.73. The Morgan fingerprint density at radius 3 is 2.44 bits per heavy atom. The van der Waals surface area contributed by atoms with E-state index in [1.165, 1.54) is 12.1 Å². The van der Waals surface area contributed by atoms with E-state index in [2.05, 4.69) is 15.2 Å². The minimum Gasteiger partial charge on any atom is -0.480 e. The largest absolute Gasteiger partial charge is 0.480 e. The van der Waals surface area contributed by atoms with Gasteiger partial charge in [0.2, 0.25) is 5.91 Å². The summed E-state index contributed by atoms with van der Waals surface area (Å²) in [5.41, 5.74) is 2.81. The predicted octanol–water partition coefficient (Wildman–Crippen LogP) is 2.90. The van der Waals surface area contributed by atoms with Crippen molar-refractivity contribution in [1.29, 1.82) is 0 Å². The van der Waals surface area contributed by atoms with Gasteiger partial charge in [-0.05, 0) is 43.0 Å². The van der Waals surface area contributed by atoms with Gasteiger partial charge in [0.15, 0.2) is 0 Å². The fourth-order valence-electron chi connectivity index (χ4n) is 3.86. The minimum atomic E-state index is -4.32. The van der Waals surface area contributed by atoms with E-state index in [0.717, 1.165) is 23.9 Å². The zero-order valence-corrected chi connectivity index (χ0v) is 19.3. The number of carbonyl (C=O) groups excluding carboxylic acids is 1. The van der Waals surface area contributed by atoms with Gasteiger partial charge in [-0.2, -0.15) is 0 Å². The van der Waals surface area contributed by atoms with E-state index < -0.39 is 27.9 Å². The Hall–Kier alpha value is -3.14. The maximum atomic E-state index is 13.2. The van der Waals surface area contributed by atoms with Gasteiger partial charge in [0, 0.05) is 19.7 Å². The molecule has 2 atom stereocenters.